The highest BCUT2D eigenvalue weighted by Gasteiger charge is 2.38. The SMILES string of the molecule is CCOC(=O)c1nc(C(F)F)c(C(F)(F)F)cc1I. The summed E-state index contributed by atoms with van der Waals surface area (Å²) in [4.78, 5) is 14.5. The van der Waals surface area contributed by atoms with E-state index in [1.807, 2.05) is 0 Å². The van der Waals surface area contributed by atoms with Crippen LogP contribution in [0.25, 0.3) is 0 Å². The normalized spacial score (nSPS) is 11.8. The van der Waals surface area contributed by atoms with Crippen molar-refractivity contribution in [2.75, 3.05) is 6.61 Å². The zero-order valence-corrected chi connectivity index (χ0v) is 11.6. The fraction of sp³-hybridized carbons (Fsp3) is 0.400. The van der Waals surface area contributed by atoms with E-state index in [9.17, 15) is 26.7 Å². The molecule has 0 radical (unpaired) electrons. The fourth-order valence-electron chi connectivity index (χ4n) is 1.24. The number of ether oxygens (including phenoxy) is 1. The van der Waals surface area contributed by atoms with Gasteiger partial charge in [0.25, 0.3) is 6.43 Å². The number of esters is 1. The van der Waals surface area contributed by atoms with Crippen LogP contribution in [0.3, 0.4) is 0 Å². The van der Waals surface area contributed by atoms with Crippen molar-refractivity contribution in [1.82, 2.24) is 4.98 Å². The van der Waals surface area contributed by atoms with Crippen LogP contribution in [0.5, 0.6) is 0 Å². The Kier molecular flexibility index (Phi) is 5.04. The molecule has 1 heterocycles. The van der Waals surface area contributed by atoms with Crippen LogP contribution < -0.4 is 0 Å². The number of aromatic nitrogens is 1. The third-order valence-corrected chi connectivity index (χ3v) is 2.81. The van der Waals surface area contributed by atoms with Crippen molar-refractivity contribution in [2.45, 2.75) is 19.5 Å². The molecule has 106 valence electrons. The highest BCUT2D eigenvalue weighted by atomic mass is 127. The van der Waals surface area contributed by atoms with Crippen molar-refractivity contribution in [3.8, 4) is 0 Å². The maximum Gasteiger partial charge on any atom is 0.418 e. The van der Waals surface area contributed by atoms with Gasteiger partial charge in [0.1, 0.15) is 5.69 Å². The minimum absolute atomic E-state index is 0.0401. The van der Waals surface area contributed by atoms with Gasteiger partial charge in [-0.05, 0) is 35.6 Å². The molecule has 0 aliphatic carbocycles. The predicted molar refractivity (Wildman–Crippen MR) is 62.9 cm³/mol. The van der Waals surface area contributed by atoms with Crippen LogP contribution in [0, 0.1) is 3.57 Å². The molecular weight excluding hydrogens is 388 g/mol. The van der Waals surface area contributed by atoms with Gasteiger partial charge in [0, 0.05) is 3.57 Å². The lowest BCUT2D eigenvalue weighted by molar-refractivity contribution is -0.140. The molecule has 0 saturated carbocycles. The molecule has 1 aromatic heterocycles. The average Bonchev–Trinajstić information content (AvgIpc) is 2.27. The molecule has 0 atom stereocenters. The molecule has 19 heavy (non-hydrogen) atoms. The van der Waals surface area contributed by atoms with Gasteiger partial charge in [-0.1, -0.05) is 0 Å². The number of rotatable bonds is 3. The Morgan fingerprint density at radius 1 is 1.47 bits per heavy atom. The molecule has 0 fully saturated rings. The number of halogens is 6. The topological polar surface area (TPSA) is 39.2 Å². The van der Waals surface area contributed by atoms with Crippen molar-refractivity contribution in [3.05, 3.63) is 26.6 Å². The zero-order chi connectivity index (χ0) is 14.8. The lowest BCUT2D eigenvalue weighted by Gasteiger charge is -2.14. The summed E-state index contributed by atoms with van der Waals surface area (Å²) >= 11 is 1.41. The number of alkyl halides is 5. The molecule has 1 aromatic rings. The summed E-state index contributed by atoms with van der Waals surface area (Å²) in [6.45, 7) is 1.44. The summed E-state index contributed by atoms with van der Waals surface area (Å²) in [5.74, 6) is -1.04. The van der Waals surface area contributed by atoms with E-state index in [-0.39, 0.29) is 10.2 Å². The molecule has 0 saturated heterocycles. The van der Waals surface area contributed by atoms with Crippen LogP contribution >= 0.6 is 22.6 Å². The molecule has 0 bridgehead atoms. The molecule has 3 nitrogen and oxygen atoms in total. The Morgan fingerprint density at radius 3 is 2.47 bits per heavy atom. The molecule has 0 spiro atoms. The van der Waals surface area contributed by atoms with E-state index in [1.54, 1.807) is 0 Å². The molecule has 0 aliphatic heterocycles. The van der Waals surface area contributed by atoms with E-state index in [0.717, 1.165) is 0 Å². The van der Waals surface area contributed by atoms with E-state index >= 15 is 0 Å². The highest BCUT2D eigenvalue weighted by molar-refractivity contribution is 14.1. The van der Waals surface area contributed by atoms with Crippen molar-refractivity contribution in [3.63, 3.8) is 0 Å². The van der Waals surface area contributed by atoms with Crippen molar-refractivity contribution < 1.29 is 31.5 Å². The molecule has 9 heteroatoms. The Bertz CT molecular complexity index is 490. The fourth-order valence-corrected chi connectivity index (χ4v) is 1.89. The third kappa shape index (κ3) is 3.74. The van der Waals surface area contributed by atoms with Gasteiger partial charge in [-0.15, -0.1) is 0 Å². The lowest BCUT2D eigenvalue weighted by Crippen LogP contribution is -2.17. The number of pyridine rings is 1. The molecule has 0 N–H and O–H groups in total. The summed E-state index contributed by atoms with van der Waals surface area (Å²) in [6, 6.07) is 0.460. The van der Waals surface area contributed by atoms with Gasteiger partial charge in [0.2, 0.25) is 0 Å². The van der Waals surface area contributed by atoms with Gasteiger partial charge in [0.15, 0.2) is 5.69 Å². The van der Waals surface area contributed by atoms with E-state index in [0.29, 0.717) is 6.07 Å². The molecule has 0 amide bonds. The lowest BCUT2D eigenvalue weighted by atomic mass is 10.1. The van der Waals surface area contributed by atoms with E-state index in [1.165, 1.54) is 29.5 Å². The van der Waals surface area contributed by atoms with Crippen molar-refractivity contribution in [1.29, 1.82) is 0 Å². The minimum Gasteiger partial charge on any atom is -0.461 e. The standard InChI is InChI=1S/C10H7F5INO2/c1-2-19-9(18)7-5(16)3-4(10(13,14)15)6(17-7)8(11)12/h3,8H,2H2,1H3. The third-order valence-electron chi connectivity index (χ3n) is 1.99. The van der Waals surface area contributed by atoms with E-state index in [4.69, 9.17) is 0 Å². The summed E-state index contributed by atoms with van der Waals surface area (Å²) in [7, 11) is 0. The van der Waals surface area contributed by atoms with Crippen LogP contribution in [0.2, 0.25) is 0 Å². The first-order valence-electron chi connectivity index (χ1n) is 4.91. The van der Waals surface area contributed by atoms with Crippen molar-refractivity contribution in [2.24, 2.45) is 0 Å². The Hall–Kier alpha value is -1.00. The number of hydrogen-bond acceptors (Lipinski definition) is 3. The predicted octanol–water partition coefficient (Wildman–Crippen LogP) is 3.82. The summed E-state index contributed by atoms with van der Waals surface area (Å²) < 4.78 is 67.3. The first-order valence-corrected chi connectivity index (χ1v) is 5.99. The summed E-state index contributed by atoms with van der Waals surface area (Å²) in [5, 5.41) is 0. The second kappa shape index (κ2) is 5.97. The zero-order valence-electron chi connectivity index (χ0n) is 9.39. The molecule has 0 aromatic carbocycles. The Morgan fingerprint density at radius 2 is 2.05 bits per heavy atom. The van der Waals surface area contributed by atoms with E-state index in [2.05, 4.69) is 9.72 Å². The van der Waals surface area contributed by atoms with Crippen LogP contribution in [-0.2, 0) is 10.9 Å². The second-order valence-electron chi connectivity index (χ2n) is 3.27. The first kappa shape index (κ1) is 16.1. The number of carbonyl (C=O) groups is 1. The van der Waals surface area contributed by atoms with Gasteiger partial charge in [-0.25, -0.2) is 18.6 Å². The van der Waals surface area contributed by atoms with Gasteiger partial charge < -0.3 is 4.74 Å². The molecule has 0 aliphatic rings. The van der Waals surface area contributed by atoms with Crippen LogP contribution in [0.15, 0.2) is 6.07 Å². The van der Waals surface area contributed by atoms with E-state index < -0.39 is 35.5 Å². The molecular formula is C10H7F5INO2. The molecule has 1 rings (SSSR count). The van der Waals surface area contributed by atoms with Gasteiger partial charge >= 0.3 is 12.1 Å². The van der Waals surface area contributed by atoms with Crippen molar-refractivity contribution >= 4 is 28.6 Å². The van der Waals surface area contributed by atoms with Crippen LogP contribution in [0.4, 0.5) is 22.0 Å². The largest absolute Gasteiger partial charge is 0.461 e. The number of nitrogens with zero attached hydrogens (tertiary/aromatic N) is 1. The van der Waals surface area contributed by atoms with Gasteiger partial charge in [-0.2, -0.15) is 13.2 Å². The first-order chi connectivity index (χ1) is 8.68. The van der Waals surface area contributed by atoms with Gasteiger partial charge in [0.05, 0.1) is 12.2 Å². The quantitative estimate of drug-likeness (QED) is 0.444. The maximum atomic E-state index is 12.6. The van der Waals surface area contributed by atoms with Crippen LogP contribution in [0.1, 0.15) is 35.1 Å². The Labute approximate surface area is 118 Å². The van der Waals surface area contributed by atoms with Gasteiger partial charge in [-0.3, -0.25) is 0 Å². The number of hydrogen-bond donors (Lipinski definition) is 0. The summed E-state index contributed by atoms with van der Waals surface area (Å²) in [6.07, 6.45) is -8.41. The minimum atomic E-state index is -4.97. The number of carbonyl (C=O) groups excluding carboxylic acids is 1. The monoisotopic (exact) mass is 395 g/mol. The molecule has 0 unspecified atom stereocenters. The second-order valence-corrected chi connectivity index (χ2v) is 4.43. The average molecular weight is 395 g/mol. The Balaban J connectivity index is 3.41. The smallest absolute Gasteiger partial charge is 0.418 e. The maximum absolute atomic E-state index is 12.6. The van der Waals surface area contributed by atoms with Crippen LogP contribution in [-0.4, -0.2) is 17.6 Å². The highest BCUT2D eigenvalue weighted by Crippen LogP contribution is 2.36. The summed E-state index contributed by atoms with van der Waals surface area (Å²) in [5.41, 5.74) is -3.58.